The van der Waals surface area contributed by atoms with Crippen molar-refractivity contribution in [2.75, 3.05) is 5.32 Å². The van der Waals surface area contributed by atoms with Crippen LogP contribution in [0.5, 0.6) is 0 Å². The van der Waals surface area contributed by atoms with Gasteiger partial charge < -0.3 is 10.3 Å². The molecule has 0 saturated carbocycles. The second-order valence-corrected chi connectivity index (χ2v) is 4.65. The van der Waals surface area contributed by atoms with Crippen molar-refractivity contribution in [1.29, 1.82) is 0 Å². The van der Waals surface area contributed by atoms with Gasteiger partial charge in [-0.25, -0.2) is 4.39 Å². The third-order valence-electron chi connectivity index (χ3n) is 3.40. The number of fused-ring (bicyclic) bond motifs is 1. The lowest BCUT2D eigenvalue weighted by atomic mass is 9.99. The highest BCUT2D eigenvalue weighted by Crippen LogP contribution is 2.34. The van der Waals surface area contributed by atoms with Crippen molar-refractivity contribution in [3.05, 3.63) is 54.0 Å². The molecule has 0 atom stereocenters. The Morgan fingerprint density at radius 3 is 2.60 bits per heavy atom. The molecule has 0 aliphatic heterocycles. The van der Waals surface area contributed by atoms with Crippen LogP contribution in [0.15, 0.2) is 42.6 Å². The van der Waals surface area contributed by atoms with Crippen molar-refractivity contribution in [2.24, 2.45) is 0 Å². The average molecular weight is 268 g/mol. The zero-order chi connectivity index (χ0) is 14.1. The minimum atomic E-state index is -0.255. The van der Waals surface area contributed by atoms with E-state index in [9.17, 15) is 9.18 Å². The molecule has 3 aromatic rings. The van der Waals surface area contributed by atoms with Gasteiger partial charge >= 0.3 is 0 Å². The maximum atomic E-state index is 13.0. The van der Waals surface area contributed by atoms with Crippen LogP contribution in [0.1, 0.15) is 5.56 Å². The van der Waals surface area contributed by atoms with E-state index in [0.717, 1.165) is 33.3 Å². The number of nitrogens with one attached hydrogen (secondary N) is 2. The average Bonchev–Trinajstić information content (AvgIpc) is 2.84. The van der Waals surface area contributed by atoms with Crippen LogP contribution in [0, 0.1) is 12.7 Å². The maximum absolute atomic E-state index is 13.0. The van der Waals surface area contributed by atoms with E-state index in [1.165, 1.54) is 12.1 Å². The first-order chi connectivity index (χ1) is 9.70. The molecular weight excluding hydrogens is 255 g/mol. The molecule has 0 aliphatic rings. The standard InChI is InChI=1S/C16H13FN2O/c1-10-8-18-16-14(19-9-20)7-6-13(15(10)16)11-2-4-12(17)5-3-11/h2-9,18H,1H3,(H,19,20). The monoisotopic (exact) mass is 268 g/mol. The topological polar surface area (TPSA) is 44.9 Å². The highest BCUT2D eigenvalue weighted by molar-refractivity contribution is 6.05. The molecule has 1 aromatic heterocycles. The van der Waals surface area contributed by atoms with Crippen molar-refractivity contribution >= 4 is 23.0 Å². The Kier molecular flexibility index (Phi) is 2.99. The van der Waals surface area contributed by atoms with Crippen LogP contribution < -0.4 is 5.32 Å². The Morgan fingerprint density at radius 1 is 1.15 bits per heavy atom. The summed E-state index contributed by atoms with van der Waals surface area (Å²) in [6.07, 6.45) is 2.55. The first-order valence-electron chi connectivity index (χ1n) is 6.27. The fraction of sp³-hybridized carbons (Fsp3) is 0.0625. The lowest BCUT2D eigenvalue weighted by Gasteiger charge is -2.08. The highest BCUT2D eigenvalue weighted by atomic mass is 19.1. The van der Waals surface area contributed by atoms with Gasteiger partial charge in [-0.3, -0.25) is 4.79 Å². The van der Waals surface area contributed by atoms with Crippen molar-refractivity contribution in [1.82, 2.24) is 4.98 Å². The summed E-state index contributed by atoms with van der Waals surface area (Å²) in [6.45, 7) is 2.00. The largest absolute Gasteiger partial charge is 0.359 e. The van der Waals surface area contributed by atoms with Gasteiger partial charge in [0.15, 0.2) is 0 Å². The lowest BCUT2D eigenvalue weighted by Crippen LogP contribution is -1.95. The first-order valence-corrected chi connectivity index (χ1v) is 6.27. The summed E-state index contributed by atoms with van der Waals surface area (Å²) in [7, 11) is 0. The predicted octanol–water partition coefficient (Wildman–Crippen LogP) is 3.85. The Labute approximate surface area is 115 Å². The number of carbonyl (C=O) groups is 1. The van der Waals surface area contributed by atoms with Gasteiger partial charge in [-0.15, -0.1) is 0 Å². The van der Waals surface area contributed by atoms with Crippen molar-refractivity contribution in [2.45, 2.75) is 6.92 Å². The smallest absolute Gasteiger partial charge is 0.211 e. The zero-order valence-electron chi connectivity index (χ0n) is 10.9. The third-order valence-corrected chi connectivity index (χ3v) is 3.40. The van der Waals surface area contributed by atoms with E-state index in [1.54, 1.807) is 12.1 Å². The summed E-state index contributed by atoms with van der Waals surface area (Å²) in [4.78, 5) is 13.8. The van der Waals surface area contributed by atoms with Crippen molar-refractivity contribution < 1.29 is 9.18 Å². The van der Waals surface area contributed by atoms with Crippen molar-refractivity contribution in [3.8, 4) is 11.1 Å². The van der Waals surface area contributed by atoms with Gasteiger partial charge in [0.05, 0.1) is 11.2 Å². The molecule has 20 heavy (non-hydrogen) atoms. The summed E-state index contributed by atoms with van der Waals surface area (Å²) in [6, 6.07) is 10.2. The number of carbonyl (C=O) groups excluding carboxylic acids is 1. The molecule has 0 fully saturated rings. The van der Waals surface area contributed by atoms with Gasteiger partial charge in [0, 0.05) is 11.6 Å². The van der Waals surface area contributed by atoms with Gasteiger partial charge in [0.1, 0.15) is 5.82 Å². The molecule has 0 radical (unpaired) electrons. The Balaban J connectivity index is 2.26. The van der Waals surface area contributed by atoms with E-state index in [-0.39, 0.29) is 5.82 Å². The SMILES string of the molecule is Cc1c[nH]c2c(NC=O)ccc(-c3ccc(F)cc3)c12. The lowest BCUT2D eigenvalue weighted by molar-refractivity contribution is -0.105. The number of H-pyrrole nitrogens is 1. The quantitative estimate of drug-likeness (QED) is 0.696. The van der Waals surface area contributed by atoms with Crippen LogP contribution in [0.3, 0.4) is 0 Å². The first kappa shape index (κ1) is 12.4. The molecule has 4 heteroatoms. The Hall–Kier alpha value is -2.62. The molecule has 1 amide bonds. The number of hydrogen-bond acceptors (Lipinski definition) is 1. The van der Waals surface area contributed by atoms with E-state index >= 15 is 0 Å². The molecule has 3 nitrogen and oxygen atoms in total. The van der Waals surface area contributed by atoms with E-state index in [4.69, 9.17) is 0 Å². The summed E-state index contributed by atoms with van der Waals surface area (Å²) in [5.41, 5.74) is 4.63. The molecule has 2 N–H and O–H groups in total. The molecule has 1 heterocycles. The third kappa shape index (κ3) is 1.95. The molecule has 100 valence electrons. The number of rotatable bonds is 3. The van der Waals surface area contributed by atoms with Crippen LogP contribution in [0.2, 0.25) is 0 Å². The molecule has 0 bridgehead atoms. The van der Waals surface area contributed by atoms with Gasteiger partial charge in [-0.05, 0) is 41.8 Å². The summed E-state index contributed by atoms with van der Waals surface area (Å²) in [5.74, 6) is -0.255. The number of aromatic nitrogens is 1. The number of halogens is 1. The number of amides is 1. The zero-order valence-corrected chi connectivity index (χ0v) is 10.9. The van der Waals surface area contributed by atoms with Gasteiger partial charge in [-0.1, -0.05) is 18.2 Å². The van der Waals surface area contributed by atoms with E-state index in [2.05, 4.69) is 10.3 Å². The van der Waals surface area contributed by atoms with E-state index in [1.807, 2.05) is 25.3 Å². The second-order valence-electron chi connectivity index (χ2n) is 4.65. The van der Waals surface area contributed by atoms with Crippen LogP contribution in [0.25, 0.3) is 22.0 Å². The maximum Gasteiger partial charge on any atom is 0.211 e. The Morgan fingerprint density at radius 2 is 1.90 bits per heavy atom. The van der Waals surface area contributed by atoms with Gasteiger partial charge in [0.2, 0.25) is 6.41 Å². The van der Waals surface area contributed by atoms with Crippen LogP contribution in [-0.2, 0) is 4.79 Å². The van der Waals surface area contributed by atoms with Gasteiger partial charge in [0.25, 0.3) is 0 Å². The number of hydrogen-bond donors (Lipinski definition) is 2. The summed E-state index contributed by atoms with van der Waals surface area (Å²) >= 11 is 0. The Bertz CT molecular complexity index is 775. The fourth-order valence-corrected chi connectivity index (χ4v) is 2.47. The molecule has 2 aromatic carbocycles. The molecule has 0 spiro atoms. The van der Waals surface area contributed by atoms with Crippen LogP contribution >= 0.6 is 0 Å². The number of benzene rings is 2. The minimum Gasteiger partial charge on any atom is -0.359 e. The van der Waals surface area contributed by atoms with Crippen LogP contribution in [-0.4, -0.2) is 11.4 Å². The van der Waals surface area contributed by atoms with Crippen molar-refractivity contribution in [3.63, 3.8) is 0 Å². The predicted molar refractivity (Wildman–Crippen MR) is 78.1 cm³/mol. The molecule has 0 saturated heterocycles. The van der Waals surface area contributed by atoms with E-state index < -0.39 is 0 Å². The molecule has 0 unspecified atom stereocenters. The van der Waals surface area contributed by atoms with Gasteiger partial charge in [-0.2, -0.15) is 0 Å². The molecule has 0 aliphatic carbocycles. The molecular formula is C16H13FN2O. The second kappa shape index (κ2) is 4.81. The molecule has 3 rings (SSSR count). The number of anilines is 1. The fourth-order valence-electron chi connectivity index (χ4n) is 2.47. The summed E-state index contributed by atoms with van der Waals surface area (Å²) in [5, 5.41) is 3.71. The van der Waals surface area contributed by atoms with Crippen LogP contribution in [0.4, 0.5) is 10.1 Å². The number of aromatic amines is 1. The highest BCUT2D eigenvalue weighted by Gasteiger charge is 2.11. The minimum absolute atomic E-state index is 0.255. The normalized spacial score (nSPS) is 10.7. The summed E-state index contributed by atoms with van der Waals surface area (Å²) < 4.78 is 13.0. The van der Waals surface area contributed by atoms with E-state index in [0.29, 0.717) is 6.41 Å². The number of aryl methyl sites for hydroxylation is 1.